The van der Waals surface area contributed by atoms with Crippen LogP contribution in [-0.2, 0) is 12.7 Å². The summed E-state index contributed by atoms with van der Waals surface area (Å²) in [5.74, 6) is 2.04. The van der Waals surface area contributed by atoms with Crippen LogP contribution < -0.4 is 16.5 Å². The summed E-state index contributed by atoms with van der Waals surface area (Å²) >= 11 is 0. The minimum atomic E-state index is -4.55. The fourth-order valence-corrected chi connectivity index (χ4v) is 8.35. The molecule has 4 heterocycles. The molecule has 41 heavy (non-hydrogen) atoms. The van der Waals surface area contributed by atoms with Crippen LogP contribution in [0.3, 0.4) is 0 Å². The van der Waals surface area contributed by atoms with Crippen molar-refractivity contribution in [3.63, 3.8) is 0 Å². The van der Waals surface area contributed by atoms with E-state index in [1.54, 1.807) is 10.8 Å². The molecule has 4 fully saturated rings. The number of aromatic nitrogens is 2. The van der Waals surface area contributed by atoms with Gasteiger partial charge in [0.2, 0.25) is 0 Å². The van der Waals surface area contributed by atoms with Crippen molar-refractivity contribution in [1.29, 1.82) is 0 Å². The lowest BCUT2D eigenvalue weighted by Gasteiger charge is -2.48. The van der Waals surface area contributed by atoms with Crippen LogP contribution in [0, 0.1) is 29.6 Å². The van der Waals surface area contributed by atoms with Gasteiger partial charge in [-0.1, -0.05) is 13.3 Å². The Hall–Kier alpha value is -1.92. The monoisotopic (exact) mass is 578 g/mol. The number of imidazole rings is 1. The van der Waals surface area contributed by atoms with Crippen LogP contribution in [0.5, 0.6) is 0 Å². The maximum Gasteiger partial charge on any atom is 0.418 e. The van der Waals surface area contributed by atoms with Gasteiger partial charge in [-0.2, -0.15) is 13.2 Å². The molecule has 0 aromatic carbocycles. The fraction of sp³-hybridized carbons (Fsp3) is 0.767. The smallest absolute Gasteiger partial charge is 0.396 e. The highest BCUT2D eigenvalue weighted by molar-refractivity contribution is 5.56. The van der Waals surface area contributed by atoms with E-state index in [9.17, 15) is 23.1 Å². The molecule has 4 unspecified atom stereocenters. The second-order valence-electron chi connectivity index (χ2n) is 13.4. The minimum Gasteiger partial charge on any atom is -0.396 e. The molecule has 2 aliphatic carbocycles. The number of fused-ring (bicyclic) bond motifs is 1. The lowest BCUT2D eigenvalue weighted by atomic mass is 9.61. The van der Waals surface area contributed by atoms with Crippen LogP contribution in [0.4, 0.5) is 13.2 Å². The topological polar surface area (TPSA) is 77.2 Å². The minimum absolute atomic E-state index is 0.0527. The summed E-state index contributed by atoms with van der Waals surface area (Å²) in [4.78, 5) is 18.2. The van der Waals surface area contributed by atoms with E-state index in [-0.39, 0.29) is 30.0 Å². The summed E-state index contributed by atoms with van der Waals surface area (Å²) in [5.41, 5.74) is 6.09. The van der Waals surface area contributed by atoms with Gasteiger partial charge in [0.1, 0.15) is 0 Å². The van der Waals surface area contributed by atoms with E-state index in [1.807, 2.05) is 0 Å². The van der Waals surface area contributed by atoms with E-state index in [4.69, 9.17) is 0 Å². The number of halogens is 3. The van der Waals surface area contributed by atoms with E-state index < -0.39 is 11.7 Å². The quantitative estimate of drug-likeness (QED) is 0.461. The first kappa shape index (κ1) is 29.2. The molecule has 2 saturated heterocycles. The van der Waals surface area contributed by atoms with Crippen LogP contribution in [0.2, 0.25) is 0 Å². The van der Waals surface area contributed by atoms with E-state index in [1.165, 1.54) is 16.7 Å². The third kappa shape index (κ3) is 5.85. The molecule has 3 N–H and O–H groups in total. The van der Waals surface area contributed by atoms with Gasteiger partial charge in [-0.3, -0.25) is 18.8 Å². The highest BCUT2D eigenvalue weighted by Crippen LogP contribution is 2.48. The van der Waals surface area contributed by atoms with Gasteiger partial charge in [-0.15, -0.1) is 0 Å². The number of likely N-dealkylation sites (tertiary alicyclic amines) is 1. The van der Waals surface area contributed by atoms with Gasteiger partial charge in [0.15, 0.2) is 0 Å². The summed E-state index contributed by atoms with van der Waals surface area (Å²) in [7, 11) is 2.10. The number of nitrogens with one attached hydrogen (secondary N) is 2. The average molecular weight is 579 g/mol. The maximum absolute atomic E-state index is 14.3. The van der Waals surface area contributed by atoms with E-state index in [0.717, 1.165) is 71.1 Å². The van der Waals surface area contributed by atoms with E-state index in [0.29, 0.717) is 41.7 Å². The third-order valence-corrected chi connectivity index (χ3v) is 10.4. The maximum atomic E-state index is 14.3. The van der Waals surface area contributed by atoms with Crippen LogP contribution in [0.25, 0.3) is 5.52 Å². The number of nitrogens with zero attached hydrogens (tertiary/aromatic N) is 4. The Morgan fingerprint density at radius 1 is 1.10 bits per heavy atom. The van der Waals surface area contributed by atoms with Crippen LogP contribution >= 0.6 is 0 Å². The van der Waals surface area contributed by atoms with Crippen molar-refractivity contribution in [3.8, 4) is 0 Å². The first-order valence-electron chi connectivity index (χ1n) is 15.5. The molecule has 2 aromatic heterocycles. The number of hydrogen-bond acceptors (Lipinski definition) is 6. The summed E-state index contributed by atoms with van der Waals surface area (Å²) in [5, 5.41) is 9.64. The molecule has 11 heteroatoms. The molecule has 2 aromatic rings. The van der Waals surface area contributed by atoms with Gasteiger partial charge in [-0.05, 0) is 99.8 Å². The molecule has 0 bridgehead atoms. The van der Waals surface area contributed by atoms with Gasteiger partial charge < -0.3 is 5.11 Å². The first-order chi connectivity index (χ1) is 19.6. The molecule has 5 atom stereocenters. The highest BCUT2D eigenvalue weighted by Gasteiger charge is 2.46. The molecular formula is C30H45F3N6O2. The number of pyridine rings is 1. The van der Waals surface area contributed by atoms with Crippen LogP contribution in [0.1, 0.15) is 75.5 Å². The van der Waals surface area contributed by atoms with Crippen LogP contribution in [0.15, 0.2) is 23.3 Å². The third-order valence-electron chi connectivity index (χ3n) is 10.4. The Balaban J connectivity index is 1.29. The van der Waals surface area contributed by atoms with Crippen LogP contribution in [-0.4, -0.2) is 63.5 Å². The molecule has 2 aliphatic heterocycles. The fourth-order valence-electron chi connectivity index (χ4n) is 8.35. The Kier molecular flexibility index (Phi) is 8.28. The molecular weight excluding hydrogens is 533 g/mol. The summed E-state index contributed by atoms with van der Waals surface area (Å²) < 4.78 is 45.8. The number of piperidine rings is 1. The lowest BCUT2D eigenvalue weighted by molar-refractivity contribution is -0.136. The van der Waals surface area contributed by atoms with Gasteiger partial charge in [0, 0.05) is 38.1 Å². The van der Waals surface area contributed by atoms with Gasteiger partial charge in [0.25, 0.3) is 0 Å². The van der Waals surface area contributed by atoms with Gasteiger partial charge in [0.05, 0.1) is 23.9 Å². The second-order valence-corrected chi connectivity index (χ2v) is 13.4. The Morgan fingerprint density at radius 3 is 2.59 bits per heavy atom. The second kappa shape index (κ2) is 11.6. The van der Waals surface area contributed by atoms with E-state index in [2.05, 4.69) is 34.6 Å². The molecule has 8 nitrogen and oxygen atoms in total. The van der Waals surface area contributed by atoms with Gasteiger partial charge >= 0.3 is 11.9 Å². The summed E-state index contributed by atoms with van der Waals surface area (Å²) in [6.45, 7) is 5.29. The average Bonchev–Trinajstić information content (AvgIpc) is 3.47. The molecule has 228 valence electrons. The molecule has 2 saturated carbocycles. The standard InChI is InChI=1S/C30H45F3N6O2/c1-19-5-4-8-37(13-19)14-21-11-25(30(31,32)33)26-16-38(29(41)39(26)15-21)24-7-3-6-22(12-24)27(23-9-20(10-23)17-40)28-35-34-18-36(28)2/h11,15-16,19-20,22-24,27-28,34-35,40H,3-10,12-14,17-18H2,1-2H3/t19-,20?,22?,23?,24?,27?,28?/m0/s1. The predicted octanol–water partition coefficient (Wildman–Crippen LogP) is 4.04. The zero-order chi connectivity index (χ0) is 28.9. The lowest BCUT2D eigenvalue weighted by Crippen LogP contribution is -2.51. The number of hydrogen-bond donors (Lipinski definition) is 3. The zero-order valence-electron chi connectivity index (χ0n) is 24.2. The highest BCUT2D eigenvalue weighted by atomic mass is 19.4. The Labute approximate surface area is 239 Å². The normalized spacial score (nSPS) is 32.8. The van der Waals surface area contributed by atoms with Gasteiger partial charge in [-0.25, -0.2) is 15.6 Å². The molecule has 0 radical (unpaired) electrons. The number of rotatable bonds is 7. The zero-order valence-corrected chi connectivity index (χ0v) is 24.2. The predicted molar refractivity (Wildman–Crippen MR) is 151 cm³/mol. The van der Waals surface area contributed by atoms with Crippen molar-refractivity contribution in [2.75, 3.05) is 33.4 Å². The van der Waals surface area contributed by atoms with E-state index >= 15 is 0 Å². The molecule has 4 aliphatic rings. The van der Waals surface area contributed by atoms with Crippen molar-refractivity contribution >= 4 is 5.52 Å². The SMILES string of the molecule is C[C@H]1CCCN(Cc2cc(C(F)(F)F)c3cn(C4CCCC(C(C5CC(CO)C5)C5NNCN5C)C4)c(=O)n3c2)C1. The van der Waals surface area contributed by atoms with Crippen molar-refractivity contribution in [2.45, 2.75) is 83.2 Å². The number of alkyl halides is 3. The number of aliphatic hydroxyl groups excluding tert-OH is 1. The summed E-state index contributed by atoms with van der Waals surface area (Å²) in [6.07, 6.45) is 6.43. The number of hydrazine groups is 1. The summed E-state index contributed by atoms with van der Waals surface area (Å²) in [6, 6.07) is 1.12. The molecule has 6 rings (SSSR count). The Bertz CT molecular complexity index is 1270. The van der Waals surface area contributed by atoms with Crippen molar-refractivity contribution in [1.82, 2.24) is 29.6 Å². The molecule has 0 amide bonds. The van der Waals surface area contributed by atoms with Crippen molar-refractivity contribution in [3.05, 3.63) is 40.1 Å². The molecule has 0 spiro atoms. The van der Waals surface area contributed by atoms with Crippen molar-refractivity contribution < 1.29 is 18.3 Å². The number of aliphatic hydroxyl groups is 1. The van der Waals surface area contributed by atoms with Crippen molar-refractivity contribution in [2.24, 2.45) is 29.6 Å². The largest absolute Gasteiger partial charge is 0.418 e. The first-order valence-corrected chi connectivity index (χ1v) is 15.5. The Morgan fingerprint density at radius 2 is 1.90 bits per heavy atom.